The van der Waals surface area contributed by atoms with Crippen molar-refractivity contribution in [2.75, 3.05) is 0 Å². The minimum Gasteiger partial charge on any atom is -0.309 e. The first-order valence-electron chi connectivity index (χ1n) is 6.17. The molecule has 0 aromatic heterocycles. The van der Waals surface area contributed by atoms with Crippen LogP contribution in [-0.2, 0) is 19.3 Å². The summed E-state index contributed by atoms with van der Waals surface area (Å²) in [7, 11) is 0. The number of hydrogen-bond donors (Lipinski definition) is 1. The number of halogens is 5. The van der Waals surface area contributed by atoms with Gasteiger partial charge in [-0.3, -0.25) is 0 Å². The second-order valence-corrected chi connectivity index (χ2v) is 4.97. The Morgan fingerprint density at radius 2 is 1.62 bits per heavy atom. The average Bonchev–Trinajstić information content (AvgIpc) is 2.42. The lowest BCUT2D eigenvalue weighted by Gasteiger charge is -2.09. The molecule has 0 amide bonds. The van der Waals surface area contributed by atoms with E-state index in [1.807, 2.05) is 0 Å². The van der Waals surface area contributed by atoms with E-state index >= 15 is 0 Å². The van der Waals surface area contributed by atoms with Crippen molar-refractivity contribution in [3.8, 4) is 0 Å². The number of nitrogens with one attached hydrogen (secondary N) is 1. The van der Waals surface area contributed by atoms with Crippen molar-refractivity contribution in [3.05, 3.63) is 70.0 Å². The van der Waals surface area contributed by atoms with Gasteiger partial charge in [0.1, 0.15) is 5.82 Å². The smallest absolute Gasteiger partial charge is 0.309 e. The fraction of sp³-hybridized carbons (Fsp3) is 0.200. The fourth-order valence-electron chi connectivity index (χ4n) is 1.83. The van der Waals surface area contributed by atoms with Gasteiger partial charge in [-0.25, -0.2) is 4.39 Å². The Morgan fingerprint density at radius 3 is 2.24 bits per heavy atom. The van der Waals surface area contributed by atoms with Crippen LogP contribution in [0.5, 0.6) is 0 Å². The first-order valence-corrected chi connectivity index (χ1v) is 6.55. The predicted molar refractivity (Wildman–Crippen MR) is 73.4 cm³/mol. The van der Waals surface area contributed by atoms with Gasteiger partial charge in [0, 0.05) is 23.7 Å². The standard InChI is InChI=1S/C15H12ClF4N/c16-13-5-6-14(17)11(7-13)9-21-8-10-1-3-12(4-2-10)15(18,19)20/h1-7,21H,8-9H2. The third-order valence-corrected chi connectivity index (χ3v) is 3.17. The molecule has 6 heteroatoms. The minimum atomic E-state index is -4.34. The lowest BCUT2D eigenvalue weighted by atomic mass is 10.1. The van der Waals surface area contributed by atoms with Crippen LogP contribution in [0.25, 0.3) is 0 Å². The van der Waals surface area contributed by atoms with Crippen molar-refractivity contribution in [2.24, 2.45) is 0 Å². The van der Waals surface area contributed by atoms with E-state index < -0.39 is 11.7 Å². The molecule has 0 heterocycles. The van der Waals surface area contributed by atoms with Crippen molar-refractivity contribution in [1.82, 2.24) is 5.32 Å². The molecule has 0 spiro atoms. The Balaban J connectivity index is 1.93. The summed E-state index contributed by atoms with van der Waals surface area (Å²) in [5, 5.41) is 3.40. The van der Waals surface area contributed by atoms with Gasteiger partial charge in [0.2, 0.25) is 0 Å². The largest absolute Gasteiger partial charge is 0.416 e. The zero-order valence-electron chi connectivity index (χ0n) is 10.8. The summed E-state index contributed by atoms with van der Waals surface area (Å²) in [6, 6.07) is 9.08. The number of alkyl halides is 3. The van der Waals surface area contributed by atoms with Crippen molar-refractivity contribution >= 4 is 11.6 Å². The highest BCUT2D eigenvalue weighted by molar-refractivity contribution is 6.30. The average molecular weight is 318 g/mol. The van der Waals surface area contributed by atoms with Gasteiger partial charge in [0.25, 0.3) is 0 Å². The van der Waals surface area contributed by atoms with E-state index in [1.54, 1.807) is 0 Å². The highest BCUT2D eigenvalue weighted by Gasteiger charge is 2.29. The quantitative estimate of drug-likeness (QED) is 0.800. The van der Waals surface area contributed by atoms with Crippen LogP contribution in [0.4, 0.5) is 17.6 Å². The van der Waals surface area contributed by atoms with Crippen molar-refractivity contribution in [1.29, 1.82) is 0 Å². The van der Waals surface area contributed by atoms with Crippen LogP contribution < -0.4 is 5.32 Å². The Kier molecular flexibility index (Phi) is 4.85. The van der Waals surface area contributed by atoms with Crippen LogP contribution in [0.2, 0.25) is 5.02 Å². The van der Waals surface area contributed by atoms with Crippen molar-refractivity contribution in [3.63, 3.8) is 0 Å². The van der Waals surface area contributed by atoms with Crippen molar-refractivity contribution in [2.45, 2.75) is 19.3 Å². The Hall–Kier alpha value is -1.59. The molecule has 1 nitrogen and oxygen atoms in total. The number of hydrogen-bond acceptors (Lipinski definition) is 1. The fourth-order valence-corrected chi connectivity index (χ4v) is 2.03. The second kappa shape index (κ2) is 6.45. The third-order valence-electron chi connectivity index (χ3n) is 2.93. The third kappa shape index (κ3) is 4.44. The highest BCUT2D eigenvalue weighted by atomic mass is 35.5. The normalized spacial score (nSPS) is 11.7. The topological polar surface area (TPSA) is 12.0 Å². The zero-order valence-corrected chi connectivity index (χ0v) is 11.6. The maximum Gasteiger partial charge on any atom is 0.416 e. The molecule has 0 fully saturated rings. The summed E-state index contributed by atoms with van der Waals surface area (Å²) in [5.74, 6) is -0.376. The molecule has 1 N–H and O–H groups in total. The van der Waals surface area contributed by atoms with Crippen LogP contribution in [0, 0.1) is 5.82 Å². The van der Waals surface area contributed by atoms with Crippen molar-refractivity contribution < 1.29 is 17.6 Å². The molecule has 0 radical (unpaired) electrons. The summed E-state index contributed by atoms with van der Waals surface area (Å²) in [6.45, 7) is 0.581. The molecule has 0 aliphatic rings. The van der Waals surface area contributed by atoms with Crippen LogP contribution in [0.1, 0.15) is 16.7 Å². The monoisotopic (exact) mass is 317 g/mol. The molecule has 0 aliphatic heterocycles. The second-order valence-electron chi connectivity index (χ2n) is 4.53. The zero-order chi connectivity index (χ0) is 15.5. The lowest BCUT2D eigenvalue weighted by molar-refractivity contribution is -0.137. The maximum absolute atomic E-state index is 13.5. The van der Waals surface area contributed by atoms with E-state index in [1.165, 1.54) is 30.3 Å². The van der Waals surface area contributed by atoms with Gasteiger partial charge in [-0.2, -0.15) is 13.2 Å². The van der Waals surface area contributed by atoms with E-state index in [0.717, 1.165) is 12.1 Å². The summed E-state index contributed by atoms with van der Waals surface area (Å²) in [4.78, 5) is 0. The molecule has 0 atom stereocenters. The van der Waals surface area contributed by atoms with E-state index in [0.29, 0.717) is 22.7 Å². The number of rotatable bonds is 4. The van der Waals surface area contributed by atoms with Gasteiger partial charge in [-0.05, 0) is 35.9 Å². The molecule has 0 saturated carbocycles. The molecule has 0 saturated heterocycles. The van der Waals surface area contributed by atoms with Gasteiger partial charge in [0.15, 0.2) is 0 Å². The molecule has 0 bridgehead atoms. The molecule has 112 valence electrons. The molecule has 2 rings (SSSR count). The molecular weight excluding hydrogens is 306 g/mol. The highest BCUT2D eigenvalue weighted by Crippen LogP contribution is 2.29. The number of benzene rings is 2. The Labute approximate surface area is 124 Å². The van der Waals surface area contributed by atoms with Gasteiger partial charge >= 0.3 is 6.18 Å². The van der Waals surface area contributed by atoms with Crippen LogP contribution in [0.15, 0.2) is 42.5 Å². The van der Waals surface area contributed by atoms with Crippen LogP contribution in [0.3, 0.4) is 0 Å². The summed E-state index contributed by atoms with van der Waals surface area (Å²) >= 11 is 5.77. The first kappa shape index (κ1) is 15.8. The Morgan fingerprint density at radius 1 is 0.952 bits per heavy atom. The van der Waals surface area contributed by atoms with Crippen LogP contribution in [-0.4, -0.2) is 0 Å². The van der Waals surface area contributed by atoms with E-state index in [-0.39, 0.29) is 12.4 Å². The molecule has 2 aromatic rings. The summed E-state index contributed by atoms with van der Waals surface area (Å²) in [6.07, 6.45) is -4.34. The van der Waals surface area contributed by atoms with Gasteiger partial charge in [-0.1, -0.05) is 23.7 Å². The summed E-state index contributed by atoms with van der Waals surface area (Å²) < 4.78 is 50.7. The lowest BCUT2D eigenvalue weighted by Crippen LogP contribution is -2.14. The molecule has 0 unspecified atom stereocenters. The van der Waals surface area contributed by atoms with E-state index in [4.69, 9.17) is 11.6 Å². The SMILES string of the molecule is Fc1ccc(Cl)cc1CNCc1ccc(C(F)(F)F)cc1. The van der Waals surface area contributed by atoms with Gasteiger partial charge < -0.3 is 5.32 Å². The van der Waals surface area contributed by atoms with E-state index in [2.05, 4.69) is 5.32 Å². The molecule has 2 aromatic carbocycles. The maximum atomic E-state index is 13.5. The van der Waals surface area contributed by atoms with Crippen LogP contribution >= 0.6 is 11.6 Å². The molecule has 0 aliphatic carbocycles. The van der Waals surface area contributed by atoms with Gasteiger partial charge in [-0.15, -0.1) is 0 Å². The molecule has 21 heavy (non-hydrogen) atoms. The Bertz CT molecular complexity index is 608. The van der Waals surface area contributed by atoms with Gasteiger partial charge in [0.05, 0.1) is 5.56 Å². The minimum absolute atomic E-state index is 0.243. The predicted octanol–water partition coefficient (Wildman–Crippen LogP) is 4.79. The van der Waals surface area contributed by atoms with E-state index in [9.17, 15) is 17.6 Å². The first-order chi connectivity index (χ1) is 9.86. The molecular formula is C15H12ClF4N. The summed E-state index contributed by atoms with van der Waals surface area (Å²) in [5.41, 5.74) is 0.409.